The van der Waals surface area contributed by atoms with Gasteiger partial charge >= 0.3 is 0 Å². The molecular formula is C9H16O3. The predicted molar refractivity (Wildman–Crippen MR) is 45.7 cm³/mol. The van der Waals surface area contributed by atoms with Gasteiger partial charge in [-0.15, -0.1) is 6.58 Å². The van der Waals surface area contributed by atoms with E-state index in [0.717, 1.165) is 0 Å². The first kappa shape index (κ1) is 9.71. The summed E-state index contributed by atoms with van der Waals surface area (Å²) in [6.07, 6.45) is 1.52. The molecule has 0 amide bonds. The van der Waals surface area contributed by atoms with Crippen LogP contribution in [0.2, 0.25) is 0 Å². The number of ether oxygens (including phenoxy) is 2. The summed E-state index contributed by atoms with van der Waals surface area (Å²) in [6, 6.07) is 0. The quantitative estimate of drug-likeness (QED) is 0.647. The number of rotatable bonds is 3. The van der Waals surface area contributed by atoms with Gasteiger partial charge < -0.3 is 14.6 Å². The molecule has 3 nitrogen and oxygen atoms in total. The minimum atomic E-state index is -0.549. The number of hydrogen-bond donors (Lipinski definition) is 1. The van der Waals surface area contributed by atoms with Crippen molar-refractivity contribution in [1.29, 1.82) is 0 Å². The average molecular weight is 172 g/mol. The highest BCUT2D eigenvalue weighted by Gasteiger charge is 2.36. The molecule has 0 saturated carbocycles. The summed E-state index contributed by atoms with van der Waals surface area (Å²) in [4.78, 5) is 0. The molecule has 0 aromatic heterocycles. The van der Waals surface area contributed by atoms with Gasteiger partial charge in [0, 0.05) is 0 Å². The van der Waals surface area contributed by atoms with Crippen LogP contribution in [-0.4, -0.2) is 29.7 Å². The molecule has 1 heterocycles. The normalized spacial score (nSPS) is 30.1. The highest BCUT2D eigenvalue weighted by Crippen LogP contribution is 2.24. The van der Waals surface area contributed by atoms with Gasteiger partial charge in [-0.2, -0.15) is 0 Å². The van der Waals surface area contributed by atoms with Crippen molar-refractivity contribution < 1.29 is 14.6 Å². The van der Waals surface area contributed by atoms with Crippen molar-refractivity contribution in [3.63, 3.8) is 0 Å². The van der Waals surface area contributed by atoms with E-state index in [4.69, 9.17) is 9.47 Å². The predicted octanol–water partition coefficient (Wildman–Crippen LogP) is 1.07. The van der Waals surface area contributed by atoms with E-state index in [9.17, 15) is 5.11 Å². The van der Waals surface area contributed by atoms with E-state index in [2.05, 4.69) is 6.58 Å². The van der Waals surface area contributed by atoms with Gasteiger partial charge in [-0.3, -0.25) is 0 Å². The molecule has 1 fully saturated rings. The van der Waals surface area contributed by atoms with Crippen LogP contribution in [0.15, 0.2) is 12.7 Å². The molecule has 0 radical (unpaired) electrons. The Hall–Kier alpha value is -0.380. The van der Waals surface area contributed by atoms with Crippen LogP contribution in [0.4, 0.5) is 0 Å². The minimum Gasteiger partial charge on any atom is -0.390 e. The molecule has 0 spiro atoms. The van der Waals surface area contributed by atoms with Crippen LogP contribution >= 0.6 is 0 Å². The molecule has 0 aliphatic carbocycles. The molecule has 12 heavy (non-hydrogen) atoms. The molecule has 1 rings (SSSR count). The SMILES string of the molecule is C=CC[C@H](O)[C@H]1COC(C)(C)O1. The Bertz CT molecular complexity index is 165. The largest absolute Gasteiger partial charge is 0.390 e. The second-order valence-corrected chi connectivity index (χ2v) is 3.46. The molecule has 2 atom stereocenters. The molecule has 70 valence electrons. The first-order chi connectivity index (χ1) is 5.55. The standard InChI is InChI=1S/C9H16O3/c1-4-5-7(10)8-6-11-9(2,3)12-8/h4,7-8,10H,1,5-6H2,2-3H3/t7-,8+/m0/s1. The molecule has 3 heteroatoms. The maximum absolute atomic E-state index is 9.50. The monoisotopic (exact) mass is 172 g/mol. The zero-order valence-electron chi connectivity index (χ0n) is 7.62. The van der Waals surface area contributed by atoms with Crippen LogP contribution in [0.3, 0.4) is 0 Å². The Morgan fingerprint density at radius 2 is 2.42 bits per heavy atom. The lowest BCUT2D eigenvalue weighted by atomic mass is 10.1. The molecule has 0 bridgehead atoms. The lowest BCUT2D eigenvalue weighted by molar-refractivity contribution is -0.150. The molecule has 1 N–H and O–H groups in total. The number of aliphatic hydroxyl groups excluding tert-OH is 1. The highest BCUT2D eigenvalue weighted by atomic mass is 16.7. The van der Waals surface area contributed by atoms with Crippen molar-refractivity contribution in [1.82, 2.24) is 0 Å². The fourth-order valence-corrected chi connectivity index (χ4v) is 1.23. The van der Waals surface area contributed by atoms with E-state index in [1.807, 2.05) is 13.8 Å². The number of hydrogen-bond acceptors (Lipinski definition) is 3. The summed E-state index contributed by atoms with van der Waals surface area (Å²) in [5, 5.41) is 9.50. The summed E-state index contributed by atoms with van der Waals surface area (Å²) in [6.45, 7) is 7.69. The van der Waals surface area contributed by atoms with Gasteiger partial charge in [0.25, 0.3) is 0 Å². The third-order valence-corrected chi connectivity index (χ3v) is 1.87. The van der Waals surface area contributed by atoms with Gasteiger partial charge in [-0.25, -0.2) is 0 Å². The van der Waals surface area contributed by atoms with Gasteiger partial charge in [0.1, 0.15) is 6.10 Å². The van der Waals surface area contributed by atoms with E-state index in [-0.39, 0.29) is 6.10 Å². The second-order valence-electron chi connectivity index (χ2n) is 3.46. The zero-order valence-corrected chi connectivity index (χ0v) is 7.62. The van der Waals surface area contributed by atoms with Gasteiger partial charge in [0.2, 0.25) is 0 Å². The Kier molecular flexibility index (Phi) is 2.88. The summed E-state index contributed by atoms with van der Waals surface area (Å²) in [7, 11) is 0. The fraction of sp³-hybridized carbons (Fsp3) is 0.778. The lowest BCUT2D eigenvalue weighted by Gasteiger charge is -2.19. The Morgan fingerprint density at radius 3 is 2.83 bits per heavy atom. The van der Waals surface area contributed by atoms with E-state index in [1.54, 1.807) is 6.08 Å². The van der Waals surface area contributed by atoms with Gasteiger partial charge in [-0.05, 0) is 20.3 Å². The number of aliphatic hydroxyl groups is 1. The van der Waals surface area contributed by atoms with Crippen molar-refractivity contribution in [2.24, 2.45) is 0 Å². The van der Waals surface area contributed by atoms with Crippen LogP contribution in [-0.2, 0) is 9.47 Å². The van der Waals surface area contributed by atoms with Crippen molar-refractivity contribution in [3.8, 4) is 0 Å². The van der Waals surface area contributed by atoms with Crippen molar-refractivity contribution in [3.05, 3.63) is 12.7 Å². The van der Waals surface area contributed by atoms with E-state index >= 15 is 0 Å². The Morgan fingerprint density at radius 1 is 1.75 bits per heavy atom. The van der Waals surface area contributed by atoms with Gasteiger partial charge in [0.05, 0.1) is 12.7 Å². The molecule has 1 saturated heterocycles. The van der Waals surface area contributed by atoms with Crippen LogP contribution in [0.1, 0.15) is 20.3 Å². The smallest absolute Gasteiger partial charge is 0.163 e. The molecule has 0 aromatic carbocycles. The van der Waals surface area contributed by atoms with Crippen LogP contribution in [0.5, 0.6) is 0 Å². The second kappa shape index (κ2) is 3.56. The summed E-state index contributed by atoms with van der Waals surface area (Å²) < 4.78 is 10.7. The van der Waals surface area contributed by atoms with Crippen molar-refractivity contribution in [2.75, 3.05) is 6.61 Å². The highest BCUT2D eigenvalue weighted by molar-refractivity contribution is 4.82. The van der Waals surface area contributed by atoms with Crippen molar-refractivity contribution in [2.45, 2.75) is 38.3 Å². The van der Waals surface area contributed by atoms with Crippen LogP contribution in [0.25, 0.3) is 0 Å². The summed E-state index contributed by atoms with van der Waals surface area (Å²) in [5.74, 6) is -0.549. The first-order valence-corrected chi connectivity index (χ1v) is 4.16. The maximum Gasteiger partial charge on any atom is 0.163 e. The first-order valence-electron chi connectivity index (χ1n) is 4.16. The summed E-state index contributed by atoms with van der Waals surface area (Å²) >= 11 is 0. The van der Waals surface area contributed by atoms with Crippen LogP contribution in [0, 0.1) is 0 Å². The lowest BCUT2D eigenvalue weighted by Crippen LogP contribution is -2.30. The Labute approximate surface area is 73.0 Å². The van der Waals surface area contributed by atoms with Gasteiger partial charge in [0.15, 0.2) is 5.79 Å². The zero-order chi connectivity index (χ0) is 9.19. The molecule has 1 aliphatic heterocycles. The van der Waals surface area contributed by atoms with Gasteiger partial charge in [-0.1, -0.05) is 6.08 Å². The molecule has 1 aliphatic rings. The fourth-order valence-electron chi connectivity index (χ4n) is 1.23. The average Bonchev–Trinajstić information content (AvgIpc) is 2.31. The van der Waals surface area contributed by atoms with E-state index in [1.165, 1.54) is 0 Å². The topological polar surface area (TPSA) is 38.7 Å². The molecule has 0 unspecified atom stereocenters. The minimum absolute atomic E-state index is 0.210. The van der Waals surface area contributed by atoms with E-state index in [0.29, 0.717) is 13.0 Å². The van der Waals surface area contributed by atoms with Crippen LogP contribution < -0.4 is 0 Å². The molecular weight excluding hydrogens is 156 g/mol. The third kappa shape index (κ3) is 2.30. The third-order valence-electron chi connectivity index (χ3n) is 1.87. The maximum atomic E-state index is 9.50. The Balaban J connectivity index is 2.40. The summed E-state index contributed by atoms with van der Waals surface area (Å²) in [5.41, 5.74) is 0. The van der Waals surface area contributed by atoms with Crippen molar-refractivity contribution >= 4 is 0 Å². The van der Waals surface area contributed by atoms with E-state index < -0.39 is 11.9 Å². The molecule has 0 aromatic rings.